The Balaban J connectivity index is 1.74. The molecule has 126 valence electrons. The third-order valence-electron chi connectivity index (χ3n) is 4.09. The van der Waals surface area contributed by atoms with Gasteiger partial charge in [-0.1, -0.05) is 6.92 Å². The normalized spacial score (nSPS) is 14.8. The summed E-state index contributed by atoms with van der Waals surface area (Å²) >= 11 is 0. The van der Waals surface area contributed by atoms with Crippen LogP contribution >= 0.6 is 0 Å². The number of hydrogen-bond acceptors (Lipinski definition) is 5. The fourth-order valence-corrected chi connectivity index (χ4v) is 2.58. The van der Waals surface area contributed by atoms with Gasteiger partial charge in [-0.15, -0.1) is 0 Å². The van der Waals surface area contributed by atoms with Gasteiger partial charge in [-0.3, -0.25) is 9.59 Å². The van der Waals surface area contributed by atoms with Gasteiger partial charge in [-0.2, -0.15) is 0 Å². The average Bonchev–Trinajstić information content (AvgIpc) is 3.10. The average molecular weight is 328 g/mol. The van der Waals surface area contributed by atoms with Crippen molar-refractivity contribution in [3.05, 3.63) is 36.5 Å². The molecule has 1 atom stereocenters. The zero-order valence-electron chi connectivity index (χ0n) is 13.7. The number of nitrogens with one attached hydrogen (secondary N) is 2. The Morgan fingerprint density at radius 1 is 1.50 bits per heavy atom. The summed E-state index contributed by atoms with van der Waals surface area (Å²) in [5.74, 6) is 0.344. The lowest BCUT2D eigenvalue weighted by Crippen LogP contribution is -2.39. The van der Waals surface area contributed by atoms with E-state index in [1.165, 1.54) is 11.1 Å². The quantitative estimate of drug-likeness (QED) is 0.850. The molecule has 0 fully saturated rings. The van der Waals surface area contributed by atoms with E-state index in [0.29, 0.717) is 23.6 Å². The predicted molar refractivity (Wildman–Crippen MR) is 89.9 cm³/mol. The summed E-state index contributed by atoms with van der Waals surface area (Å²) < 4.78 is 1.93. The van der Waals surface area contributed by atoms with Crippen LogP contribution in [0.3, 0.4) is 0 Å². The predicted octanol–water partition coefficient (Wildman–Crippen LogP) is 0.875. The summed E-state index contributed by atoms with van der Waals surface area (Å²) in [6.45, 7) is 2.88. The molecule has 24 heavy (non-hydrogen) atoms. The fraction of sp³-hybridized carbons (Fsp3) is 0.375. The van der Waals surface area contributed by atoms with Crippen LogP contribution in [0.5, 0.6) is 0 Å². The molecule has 0 saturated carbocycles. The minimum absolute atomic E-state index is 0.0137. The summed E-state index contributed by atoms with van der Waals surface area (Å²) in [6, 6.07) is 1.67. The standard InChI is InChI=1S/C16H20N6O2/c1-3-12(9-22-5-4-17-10-22)20-16(24)11-6-13-15(18-7-11)19-8-14(23)21(13)2/h4-7,10,12H,3,8-9H2,1-2H3,(H,18,19)(H,20,24). The molecule has 0 bridgehead atoms. The summed E-state index contributed by atoms with van der Waals surface area (Å²) in [5, 5.41) is 5.95. The Morgan fingerprint density at radius 3 is 3.04 bits per heavy atom. The van der Waals surface area contributed by atoms with Gasteiger partial charge >= 0.3 is 0 Å². The number of amides is 2. The lowest BCUT2D eigenvalue weighted by molar-refractivity contribution is -0.116. The molecule has 1 unspecified atom stereocenters. The molecule has 1 aliphatic heterocycles. The molecule has 3 rings (SSSR count). The lowest BCUT2D eigenvalue weighted by Gasteiger charge is -2.26. The van der Waals surface area contributed by atoms with E-state index in [9.17, 15) is 9.59 Å². The number of carbonyl (C=O) groups excluding carboxylic acids is 2. The van der Waals surface area contributed by atoms with Crippen molar-refractivity contribution in [1.29, 1.82) is 0 Å². The molecule has 3 heterocycles. The molecule has 0 radical (unpaired) electrons. The number of imidazole rings is 1. The fourth-order valence-electron chi connectivity index (χ4n) is 2.58. The van der Waals surface area contributed by atoms with Crippen LogP contribution in [0.2, 0.25) is 0 Å². The second-order valence-corrected chi connectivity index (χ2v) is 5.74. The molecule has 0 saturated heterocycles. The van der Waals surface area contributed by atoms with Crippen molar-refractivity contribution in [3.8, 4) is 0 Å². The zero-order chi connectivity index (χ0) is 17.1. The first kappa shape index (κ1) is 16.0. The first-order chi connectivity index (χ1) is 11.6. The van der Waals surface area contributed by atoms with E-state index in [2.05, 4.69) is 20.6 Å². The highest BCUT2D eigenvalue weighted by Crippen LogP contribution is 2.27. The van der Waals surface area contributed by atoms with Crippen LogP contribution in [0.15, 0.2) is 31.0 Å². The molecule has 2 aromatic heterocycles. The first-order valence-corrected chi connectivity index (χ1v) is 7.85. The van der Waals surface area contributed by atoms with E-state index >= 15 is 0 Å². The van der Waals surface area contributed by atoms with Crippen molar-refractivity contribution >= 4 is 23.3 Å². The first-order valence-electron chi connectivity index (χ1n) is 7.85. The van der Waals surface area contributed by atoms with Crippen LogP contribution in [-0.2, 0) is 11.3 Å². The van der Waals surface area contributed by atoms with Gasteiger partial charge in [0, 0.05) is 38.2 Å². The zero-order valence-corrected chi connectivity index (χ0v) is 13.7. The molecule has 2 amide bonds. The van der Waals surface area contributed by atoms with Crippen LogP contribution in [0.4, 0.5) is 11.5 Å². The summed E-state index contributed by atoms with van der Waals surface area (Å²) in [7, 11) is 1.68. The molecular formula is C16H20N6O2. The molecular weight excluding hydrogens is 308 g/mol. The third-order valence-corrected chi connectivity index (χ3v) is 4.09. The van der Waals surface area contributed by atoms with E-state index in [0.717, 1.165) is 6.42 Å². The Labute approximate surface area is 139 Å². The number of fused-ring (bicyclic) bond motifs is 1. The summed E-state index contributed by atoms with van der Waals surface area (Å²) in [4.78, 5) is 34.1. The highest BCUT2D eigenvalue weighted by Gasteiger charge is 2.23. The number of aromatic nitrogens is 3. The number of pyridine rings is 1. The van der Waals surface area contributed by atoms with Crippen molar-refractivity contribution in [2.45, 2.75) is 25.9 Å². The third kappa shape index (κ3) is 3.22. The number of nitrogens with zero attached hydrogens (tertiary/aromatic N) is 4. The highest BCUT2D eigenvalue weighted by molar-refractivity contribution is 6.03. The van der Waals surface area contributed by atoms with Gasteiger partial charge in [0.2, 0.25) is 5.91 Å². The van der Waals surface area contributed by atoms with Crippen LogP contribution in [0.25, 0.3) is 0 Å². The molecule has 1 aliphatic rings. The van der Waals surface area contributed by atoms with Crippen LogP contribution in [0.1, 0.15) is 23.7 Å². The van der Waals surface area contributed by atoms with Gasteiger partial charge < -0.3 is 20.1 Å². The maximum Gasteiger partial charge on any atom is 0.253 e. The topological polar surface area (TPSA) is 92.2 Å². The summed E-state index contributed by atoms with van der Waals surface area (Å²) in [6.07, 6.45) is 7.61. The number of hydrogen-bond donors (Lipinski definition) is 2. The van der Waals surface area contributed by atoms with Crippen LogP contribution in [0, 0.1) is 0 Å². The largest absolute Gasteiger partial charge is 0.359 e. The van der Waals surface area contributed by atoms with Gasteiger partial charge in [0.1, 0.15) is 5.82 Å². The number of anilines is 2. The molecule has 0 aliphatic carbocycles. The van der Waals surface area contributed by atoms with Crippen molar-refractivity contribution in [2.24, 2.45) is 0 Å². The second-order valence-electron chi connectivity index (χ2n) is 5.74. The van der Waals surface area contributed by atoms with Gasteiger partial charge in [-0.25, -0.2) is 9.97 Å². The Bertz CT molecular complexity index is 743. The molecule has 2 N–H and O–H groups in total. The van der Waals surface area contributed by atoms with Crippen molar-refractivity contribution in [1.82, 2.24) is 19.9 Å². The molecule has 2 aromatic rings. The van der Waals surface area contributed by atoms with E-state index < -0.39 is 0 Å². The number of rotatable bonds is 5. The van der Waals surface area contributed by atoms with E-state index in [1.54, 1.807) is 25.6 Å². The molecule has 8 heteroatoms. The maximum absolute atomic E-state index is 12.5. The van der Waals surface area contributed by atoms with E-state index in [-0.39, 0.29) is 24.4 Å². The Hall–Kier alpha value is -2.90. The van der Waals surface area contributed by atoms with Gasteiger partial charge in [0.15, 0.2) is 0 Å². The van der Waals surface area contributed by atoms with Gasteiger partial charge in [-0.05, 0) is 12.5 Å². The van der Waals surface area contributed by atoms with Crippen molar-refractivity contribution in [2.75, 3.05) is 23.8 Å². The smallest absolute Gasteiger partial charge is 0.253 e. The van der Waals surface area contributed by atoms with E-state index in [1.807, 2.05) is 17.7 Å². The van der Waals surface area contributed by atoms with Gasteiger partial charge in [0.25, 0.3) is 5.91 Å². The maximum atomic E-state index is 12.5. The number of carbonyl (C=O) groups is 2. The highest BCUT2D eigenvalue weighted by atomic mass is 16.2. The minimum Gasteiger partial charge on any atom is -0.359 e. The Morgan fingerprint density at radius 2 is 2.33 bits per heavy atom. The van der Waals surface area contributed by atoms with Crippen molar-refractivity contribution in [3.63, 3.8) is 0 Å². The number of likely N-dealkylation sites (N-methyl/N-ethyl adjacent to an activating group) is 1. The van der Waals surface area contributed by atoms with E-state index in [4.69, 9.17) is 0 Å². The summed E-state index contributed by atoms with van der Waals surface area (Å²) in [5.41, 5.74) is 1.04. The minimum atomic E-state index is -0.205. The lowest BCUT2D eigenvalue weighted by atomic mass is 10.1. The molecule has 0 aromatic carbocycles. The second kappa shape index (κ2) is 6.69. The van der Waals surface area contributed by atoms with Gasteiger partial charge in [0.05, 0.1) is 24.1 Å². The molecule has 0 spiro atoms. The monoisotopic (exact) mass is 328 g/mol. The van der Waals surface area contributed by atoms with Crippen LogP contribution in [-0.4, -0.2) is 46.0 Å². The molecule has 8 nitrogen and oxygen atoms in total. The van der Waals surface area contributed by atoms with Crippen LogP contribution < -0.4 is 15.5 Å². The van der Waals surface area contributed by atoms with Crippen molar-refractivity contribution < 1.29 is 9.59 Å². The Kier molecular flexibility index (Phi) is 4.45. The SMILES string of the molecule is CCC(Cn1ccnc1)NC(=O)c1cnc2c(c1)N(C)C(=O)CN2.